The first-order valence-corrected chi connectivity index (χ1v) is 11.0. The summed E-state index contributed by atoms with van der Waals surface area (Å²) in [5, 5.41) is 5.56. The number of rotatable bonds is 6. The Bertz CT molecular complexity index is 1240. The summed E-state index contributed by atoms with van der Waals surface area (Å²) in [6.07, 6.45) is 1.41. The molecule has 10 heteroatoms. The van der Waals surface area contributed by atoms with E-state index in [2.05, 4.69) is 15.6 Å². The third kappa shape index (κ3) is 4.75. The number of benzene rings is 2. The number of aromatic nitrogens is 2. The van der Waals surface area contributed by atoms with E-state index < -0.39 is 17.7 Å². The van der Waals surface area contributed by atoms with E-state index in [4.69, 9.17) is 0 Å². The van der Waals surface area contributed by atoms with E-state index in [-0.39, 0.29) is 42.2 Å². The molecule has 1 atom stereocenters. The van der Waals surface area contributed by atoms with Crippen LogP contribution in [0.4, 0.5) is 8.78 Å². The van der Waals surface area contributed by atoms with Crippen LogP contribution in [0.5, 0.6) is 0 Å². The molecule has 8 nitrogen and oxygen atoms in total. The highest BCUT2D eigenvalue weighted by atomic mass is 19.2. The third-order valence-electron chi connectivity index (χ3n) is 5.81. The van der Waals surface area contributed by atoms with Gasteiger partial charge in [-0.3, -0.25) is 14.4 Å². The molecule has 1 aromatic heterocycles. The minimum atomic E-state index is -1.00. The fraction of sp³-hybridized carbons (Fsp3) is 0.333. The molecular formula is C24H25F2N5O3. The summed E-state index contributed by atoms with van der Waals surface area (Å²) in [6, 6.07) is 8.19. The van der Waals surface area contributed by atoms with Gasteiger partial charge in [0, 0.05) is 37.3 Å². The first kappa shape index (κ1) is 23.3. The van der Waals surface area contributed by atoms with E-state index in [1.54, 1.807) is 28.8 Å². The Hall–Kier alpha value is -3.82. The Morgan fingerprint density at radius 1 is 1.15 bits per heavy atom. The highest BCUT2D eigenvalue weighted by molar-refractivity contribution is 5.97. The number of hydrogen-bond acceptors (Lipinski definition) is 4. The van der Waals surface area contributed by atoms with Gasteiger partial charge in [0.15, 0.2) is 11.6 Å². The van der Waals surface area contributed by atoms with Crippen molar-refractivity contribution >= 4 is 28.8 Å². The molecule has 1 unspecified atom stereocenters. The van der Waals surface area contributed by atoms with Crippen molar-refractivity contribution in [3.05, 3.63) is 65.5 Å². The van der Waals surface area contributed by atoms with Crippen LogP contribution in [0.3, 0.4) is 0 Å². The SMILES string of the molecule is CC(C)C(C(=O)NCc1ccc(C(=O)N2CCNC(=O)C2)cc1)n1cnc2cc(F)c(F)cc21. The van der Waals surface area contributed by atoms with E-state index >= 15 is 0 Å². The summed E-state index contributed by atoms with van der Waals surface area (Å²) in [5.74, 6) is -2.84. The number of nitrogens with one attached hydrogen (secondary N) is 2. The van der Waals surface area contributed by atoms with Gasteiger partial charge in [0.1, 0.15) is 6.04 Å². The Kier molecular flexibility index (Phi) is 6.58. The Balaban J connectivity index is 1.44. The second kappa shape index (κ2) is 9.58. The molecule has 0 bridgehead atoms. The van der Waals surface area contributed by atoms with Crippen LogP contribution in [0.1, 0.15) is 35.8 Å². The number of carbonyl (C=O) groups is 3. The van der Waals surface area contributed by atoms with Crippen molar-refractivity contribution in [1.29, 1.82) is 0 Å². The van der Waals surface area contributed by atoms with Gasteiger partial charge in [0.25, 0.3) is 5.91 Å². The number of imidazole rings is 1. The highest BCUT2D eigenvalue weighted by Crippen LogP contribution is 2.25. The van der Waals surface area contributed by atoms with Crippen molar-refractivity contribution in [3.8, 4) is 0 Å². The highest BCUT2D eigenvalue weighted by Gasteiger charge is 2.26. The average Bonchev–Trinajstić information content (AvgIpc) is 3.19. The Labute approximate surface area is 194 Å². The van der Waals surface area contributed by atoms with Gasteiger partial charge in [-0.2, -0.15) is 0 Å². The number of carbonyl (C=O) groups excluding carboxylic acids is 3. The zero-order valence-electron chi connectivity index (χ0n) is 18.8. The molecule has 3 aromatic rings. The second-order valence-corrected chi connectivity index (χ2v) is 8.59. The smallest absolute Gasteiger partial charge is 0.254 e. The Morgan fingerprint density at radius 2 is 1.85 bits per heavy atom. The minimum Gasteiger partial charge on any atom is -0.353 e. The summed E-state index contributed by atoms with van der Waals surface area (Å²) in [7, 11) is 0. The monoisotopic (exact) mass is 469 g/mol. The molecule has 0 spiro atoms. The zero-order valence-corrected chi connectivity index (χ0v) is 18.8. The molecule has 4 rings (SSSR count). The molecular weight excluding hydrogens is 444 g/mol. The molecule has 1 aliphatic rings. The van der Waals surface area contributed by atoms with Crippen LogP contribution in [0.2, 0.25) is 0 Å². The van der Waals surface area contributed by atoms with E-state index in [1.807, 2.05) is 13.8 Å². The number of piperazine rings is 1. The van der Waals surface area contributed by atoms with Crippen molar-refractivity contribution in [2.45, 2.75) is 26.4 Å². The maximum absolute atomic E-state index is 13.8. The lowest BCUT2D eigenvalue weighted by molar-refractivity contribution is -0.125. The van der Waals surface area contributed by atoms with Crippen LogP contribution in [0.15, 0.2) is 42.7 Å². The van der Waals surface area contributed by atoms with Gasteiger partial charge >= 0.3 is 0 Å². The normalized spacial score (nSPS) is 14.9. The molecule has 1 saturated heterocycles. The van der Waals surface area contributed by atoms with E-state index in [0.717, 1.165) is 17.7 Å². The summed E-state index contributed by atoms with van der Waals surface area (Å²) in [5.41, 5.74) is 1.85. The van der Waals surface area contributed by atoms with Crippen molar-refractivity contribution < 1.29 is 23.2 Å². The predicted octanol–water partition coefficient (Wildman–Crippen LogP) is 2.40. The lowest BCUT2D eigenvalue weighted by atomic mass is 10.0. The lowest BCUT2D eigenvalue weighted by Gasteiger charge is -2.26. The van der Waals surface area contributed by atoms with Crippen molar-refractivity contribution in [2.24, 2.45) is 5.92 Å². The van der Waals surface area contributed by atoms with Crippen LogP contribution in [0, 0.1) is 17.6 Å². The molecule has 2 heterocycles. The molecule has 2 N–H and O–H groups in total. The summed E-state index contributed by atoms with van der Waals surface area (Å²) in [4.78, 5) is 42.7. The molecule has 0 radical (unpaired) electrons. The Morgan fingerprint density at radius 3 is 2.53 bits per heavy atom. The fourth-order valence-electron chi connectivity index (χ4n) is 4.05. The predicted molar refractivity (Wildman–Crippen MR) is 121 cm³/mol. The first-order valence-electron chi connectivity index (χ1n) is 11.0. The largest absolute Gasteiger partial charge is 0.353 e. The van der Waals surface area contributed by atoms with Crippen LogP contribution < -0.4 is 10.6 Å². The van der Waals surface area contributed by atoms with Crippen molar-refractivity contribution in [1.82, 2.24) is 25.1 Å². The number of amides is 3. The van der Waals surface area contributed by atoms with E-state index in [1.165, 1.54) is 11.2 Å². The number of nitrogens with zero attached hydrogens (tertiary/aromatic N) is 3. The molecule has 3 amide bonds. The quantitative estimate of drug-likeness (QED) is 0.580. The average molecular weight is 469 g/mol. The zero-order chi connectivity index (χ0) is 24.4. The maximum atomic E-state index is 13.8. The molecule has 0 saturated carbocycles. The summed E-state index contributed by atoms with van der Waals surface area (Å²) in [6.45, 7) is 4.86. The van der Waals surface area contributed by atoms with Gasteiger partial charge in [-0.15, -0.1) is 0 Å². The van der Waals surface area contributed by atoms with Gasteiger partial charge in [0.2, 0.25) is 11.8 Å². The molecule has 2 aromatic carbocycles. The van der Waals surface area contributed by atoms with Gasteiger partial charge in [-0.1, -0.05) is 26.0 Å². The second-order valence-electron chi connectivity index (χ2n) is 8.59. The minimum absolute atomic E-state index is 0.0344. The molecule has 1 fully saturated rings. The van der Waals surface area contributed by atoms with Crippen LogP contribution in [-0.2, 0) is 16.1 Å². The first-order chi connectivity index (χ1) is 16.2. The van der Waals surface area contributed by atoms with Crippen LogP contribution in [0.25, 0.3) is 11.0 Å². The molecule has 0 aliphatic carbocycles. The van der Waals surface area contributed by atoms with Crippen molar-refractivity contribution in [2.75, 3.05) is 19.6 Å². The number of halogens is 2. The number of hydrogen-bond donors (Lipinski definition) is 2. The summed E-state index contributed by atoms with van der Waals surface area (Å²) < 4.78 is 28.9. The van der Waals surface area contributed by atoms with Gasteiger partial charge in [0.05, 0.1) is 23.9 Å². The van der Waals surface area contributed by atoms with Crippen molar-refractivity contribution in [3.63, 3.8) is 0 Å². The lowest BCUT2D eigenvalue weighted by Crippen LogP contribution is -2.49. The van der Waals surface area contributed by atoms with E-state index in [0.29, 0.717) is 24.2 Å². The van der Waals surface area contributed by atoms with E-state index in [9.17, 15) is 23.2 Å². The third-order valence-corrected chi connectivity index (χ3v) is 5.81. The maximum Gasteiger partial charge on any atom is 0.254 e. The van der Waals surface area contributed by atoms with Crippen LogP contribution in [-0.4, -0.2) is 51.8 Å². The van der Waals surface area contributed by atoms with Gasteiger partial charge in [-0.05, 0) is 23.6 Å². The van der Waals surface area contributed by atoms with Gasteiger partial charge in [-0.25, -0.2) is 13.8 Å². The topological polar surface area (TPSA) is 96.3 Å². The number of fused-ring (bicyclic) bond motifs is 1. The van der Waals surface area contributed by atoms with Gasteiger partial charge < -0.3 is 20.1 Å². The molecule has 1 aliphatic heterocycles. The standard InChI is InChI=1S/C24H25F2N5O3/c1-14(2)22(31-13-29-19-9-17(25)18(26)10-20(19)31)23(33)28-11-15-3-5-16(6-4-15)24(34)30-8-7-27-21(32)12-30/h3-6,9-10,13-14,22H,7-8,11-12H2,1-2H3,(H,27,32)(H,28,33). The molecule has 178 valence electrons. The van der Waals surface area contributed by atoms with Crippen LogP contribution >= 0.6 is 0 Å². The molecule has 34 heavy (non-hydrogen) atoms. The fourth-order valence-corrected chi connectivity index (χ4v) is 4.05. The summed E-state index contributed by atoms with van der Waals surface area (Å²) >= 11 is 0.